The zero-order chi connectivity index (χ0) is 19.1. The Bertz CT molecular complexity index is 826. The molecule has 0 bridgehead atoms. The predicted molar refractivity (Wildman–Crippen MR) is 107 cm³/mol. The lowest BCUT2D eigenvalue weighted by Crippen LogP contribution is -2.46. The van der Waals surface area contributed by atoms with E-state index in [2.05, 4.69) is 44.3 Å². The summed E-state index contributed by atoms with van der Waals surface area (Å²) in [4.78, 5) is 12.3. The molecule has 0 radical (unpaired) electrons. The zero-order valence-corrected chi connectivity index (χ0v) is 17.7. The van der Waals surface area contributed by atoms with Gasteiger partial charge in [-0.1, -0.05) is 44.5 Å². The first-order chi connectivity index (χ1) is 12.1. The van der Waals surface area contributed by atoms with Crippen LogP contribution in [0.1, 0.15) is 37.3 Å². The molecule has 1 atom stereocenters. The Morgan fingerprint density at radius 3 is 2.73 bits per heavy atom. The van der Waals surface area contributed by atoms with Gasteiger partial charge in [-0.25, -0.2) is 0 Å². The third-order valence-electron chi connectivity index (χ3n) is 5.38. The van der Waals surface area contributed by atoms with Crippen LogP contribution in [0.3, 0.4) is 0 Å². The van der Waals surface area contributed by atoms with Gasteiger partial charge in [-0.3, -0.25) is 9.48 Å². The highest BCUT2D eigenvalue weighted by molar-refractivity contribution is 6.74. The minimum Gasteiger partial charge on any atom is -0.415 e. The SMILES string of the molecule is CC(C)(C)[Si](C)(C)OCC1CNC(=O)c2cc(-c3cccc(Cl)c3)nn21. The lowest BCUT2D eigenvalue weighted by Gasteiger charge is -2.38. The van der Waals surface area contributed by atoms with Crippen LogP contribution < -0.4 is 5.32 Å². The van der Waals surface area contributed by atoms with E-state index in [1.807, 2.05) is 35.0 Å². The number of carbonyl (C=O) groups excluding carboxylic acids is 1. The highest BCUT2D eigenvalue weighted by Gasteiger charge is 2.38. The summed E-state index contributed by atoms with van der Waals surface area (Å²) in [6.07, 6.45) is 0. The number of amides is 1. The quantitative estimate of drug-likeness (QED) is 0.780. The second kappa shape index (κ2) is 6.83. The number of hydrogen-bond donors (Lipinski definition) is 1. The highest BCUT2D eigenvalue weighted by atomic mass is 35.5. The minimum absolute atomic E-state index is 0.00948. The monoisotopic (exact) mass is 391 g/mol. The third-order valence-corrected chi connectivity index (χ3v) is 10.1. The van der Waals surface area contributed by atoms with Crippen molar-refractivity contribution in [1.29, 1.82) is 0 Å². The van der Waals surface area contributed by atoms with Gasteiger partial charge in [0.15, 0.2) is 8.32 Å². The molecule has 1 aliphatic rings. The Hall–Kier alpha value is -1.63. The number of carbonyl (C=O) groups is 1. The van der Waals surface area contributed by atoms with Crippen molar-refractivity contribution >= 4 is 25.8 Å². The van der Waals surface area contributed by atoms with E-state index in [1.54, 1.807) is 0 Å². The maximum absolute atomic E-state index is 12.3. The average Bonchev–Trinajstić information content (AvgIpc) is 2.99. The van der Waals surface area contributed by atoms with Gasteiger partial charge < -0.3 is 9.74 Å². The number of rotatable bonds is 4. The molecule has 140 valence electrons. The molecular weight excluding hydrogens is 366 g/mol. The van der Waals surface area contributed by atoms with Crippen LogP contribution in [-0.4, -0.2) is 37.2 Å². The topological polar surface area (TPSA) is 56.1 Å². The summed E-state index contributed by atoms with van der Waals surface area (Å²) < 4.78 is 8.17. The molecule has 0 saturated heterocycles. The molecular formula is C19H26ClN3O2Si. The highest BCUT2D eigenvalue weighted by Crippen LogP contribution is 2.37. The van der Waals surface area contributed by atoms with E-state index in [0.29, 0.717) is 23.9 Å². The molecule has 1 aliphatic heterocycles. The Kier molecular flexibility index (Phi) is 5.03. The van der Waals surface area contributed by atoms with Gasteiger partial charge in [0.05, 0.1) is 18.3 Å². The smallest absolute Gasteiger partial charge is 0.269 e. The van der Waals surface area contributed by atoms with Gasteiger partial charge in [-0.05, 0) is 36.3 Å². The van der Waals surface area contributed by atoms with Crippen LogP contribution in [0.2, 0.25) is 23.2 Å². The molecule has 1 unspecified atom stereocenters. The van der Waals surface area contributed by atoms with E-state index in [9.17, 15) is 4.79 Å². The van der Waals surface area contributed by atoms with Gasteiger partial charge in [-0.15, -0.1) is 0 Å². The average molecular weight is 392 g/mol. The van der Waals surface area contributed by atoms with Crippen LogP contribution in [0.25, 0.3) is 11.3 Å². The molecule has 0 fully saturated rings. The van der Waals surface area contributed by atoms with Gasteiger partial charge in [0.1, 0.15) is 5.69 Å². The van der Waals surface area contributed by atoms with Crippen LogP contribution in [0, 0.1) is 0 Å². The largest absolute Gasteiger partial charge is 0.415 e. The summed E-state index contributed by atoms with van der Waals surface area (Å²) >= 11 is 6.09. The molecule has 26 heavy (non-hydrogen) atoms. The van der Waals surface area contributed by atoms with Crippen LogP contribution in [0.15, 0.2) is 30.3 Å². The molecule has 7 heteroatoms. The second-order valence-electron chi connectivity index (χ2n) is 8.30. The standard InChI is InChI=1S/C19H26ClN3O2Si/c1-19(2,3)26(4,5)25-12-15-11-21-18(24)17-10-16(22-23(15)17)13-7-6-8-14(20)9-13/h6-10,15H,11-12H2,1-5H3,(H,21,24). The van der Waals surface area contributed by atoms with Crippen molar-refractivity contribution in [1.82, 2.24) is 15.1 Å². The van der Waals surface area contributed by atoms with Gasteiger partial charge in [0, 0.05) is 17.1 Å². The lowest BCUT2D eigenvalue weighted by molar-refractivity contribution is 0.0890. The molecule has 0 saturated carbocycles. The number of fused-ring (bicyclic) bond motifs is 1. The molecule has 0 spiro atoms. The van der Waals surface area contributed by atoms with Gasteiger partial charge >= 0.3 is 0 Å². The fourth-order valence-electron chi connectivity index (χ4n) is 2.67. The summed E-state index contributed by atoms with van der Waals surface area (Å²) in [5.41, 5.74) is 2.21. The Morgan fingerprint density at radius 1 is 1.35 bits per heavy atom. The number of nitrogens with zero attached hydrogens (tertiary/aromatic N) is 2. The van der Waals surface area contributed by atoms with Crippen molar-refractivity contribution in [2.45, 2.75) is 44.9 Å². The first-order valence-electron chi connectivity index (χ1n) is 8.86. The van der Waals surface area contributed by atoms with Crippen molar-refractivity contribution in [3.8, 4) is 11.3 Å². The summed E-state index contributed by atoms with van der Waals surface area (Å²) in [5, 5.41) is 8.43. The van der Waals surface area contributed by atoms with Crippen molar-refractivity contribution in [2.75, 3.05) is 13.2 Å². The third kappa shape index (κ3) is 3.72. The normalized spacial score (nSPS) is 17.8. The zero-order valence-electron chi connectivity index (χ0n) is 16.0. The van der Waals surface area contributed by atoms with Crippen LogP contribution in [0.4, 0.5) is 0 Å². The van der Waals surface area contributed by atoms with E-state index in [0.717, 1.165) is 11.3 Å². The molecule has 2 aromatic rings. The van der Waals surface area contributed by atoms with E-state index in [1.165, 1.54) is 0 Å². The van der Waals surface area contributed by atoms with Crippen molar-refractivity contribution in [3.05, 3.63) is 41.0 Å². The number of benzene rings is 1. The summed E-state index contributed by atoms with van der Waals surface area (Å²) in [6, 6.07) is 9.32. The molecule has 1 N–H and O–H groups in total. The first kappa shape index (κ1) is 19.1. The van der Waals surface area contributed by atoms with E-state index in [-0.39, 0.29) is 17.0 Å². The van der Waals surface area contributed by atoms with E-state index in [4.69, 9.17) is 16.0 Å². The van der Waals surface area contributed by atoms with Gasteiger partial charge in [0.25, 0.3) is 5.91 Å². The van der Waals surface area contributed by atoms with Gasteiger partial charge in [-0.2, -0.15) is 5.10 Å². The molecule has 0 aliphatic carbocycles. The van der Waals surface area contributed by atoms with Gasteiger partial charge in [0.2, 0.25) is 0 Å². The molecule has 1 aromatic carbocycles. The molecule has 5 nitrogen and oxygen atoms in total. The molecule has 3 rings (SSSR count). The lowest BCUT2D eigenvalue weighted by atomic mass is 10.1. The van der Waals surface area contributed by atoms with Crippen LogP contribution in [-0.2, 0) is 4.43 Å². The van der Waals surface area contributed by atoms with E-state index < -0.39 is 8.32 Å². The molecule has 1 aromatic heterocycles. The Morgan fingerprint density at radius 2 is 2.08 bits per heavy atom. The fourth-order valence-corrected chi connectivity index (χ4v) is 3.90. The summed E-state index contributed by atoms with van der Waals surface area (Å²) in [6.45, 7) is 12.2. The van der Waals surface area contributed by atoms with Crippen LogP contribution in [0.5, 0.6) is 0 Å². The summed E-state index contributed by atoms with van der Waals surface area (Å²) in [7, 11) is -1.86. The Labute approximate surface area is 160 Å². The molecule has 1 amide bonds. The maximum Gasteiger partial charge on any atom is 0.269 e. The molecule has 2 heterocycles. The number of nitrogens with one attached hydrogen (secondary N) is 1. The first-order valence-corrected chi connectivity index (χ1v) is 12.1. The van der Waals surface area contributed by atoms with Crippen molar-refractivity contribution in [3.63, 3.8) is 0 Å². The Balaban J connectivity index is 1.87. The summed E-state index contributed by atoms with van der Waals surface area (Å²) in [5.74, 6) is -0.102. The fraction of sp³-hybridized carbons (Fsp3) is 0.474. The number of halogens is 1. The van der Waals surface area contributed by atoms with E-state index >= 15 is 0 Å². The van der Waals surface area contributed by atoms with Crippen molar-refractivity contribution in [2.24, 2.45) is 0 Å². The van der Waals surface area contributed by atoms with Crippen molar-refractivity contribution < 1.29 is 9.22 Å². The minimum atomic E-state index is -1.86. The number of aromatic nitrogens is 2. The number of hydrogen-bond acceptors (Lipinski definition) is 3. The maximum atomic E-state index is 12.3. The van der Waals surface area contributed by atoms with Crippen LogP contribution >= 0.6 is 11.6 Å². The second-order valence-corrected chi connectivity index (χ2v) is 13.6. The predicted octanol–water partition coefficient (Wildman–Crippen LogP) is 4.51.